The normalized spacial score (nSPS) is 11.0. The molecule has 0 atom stereocenters. The van der Waals surface area contributed by atoms with E-state index in [1.54, 1.807) is 0 Å². The van der Waals surface area contributed by atoms with Gasteiger partial charge in [0.25, 0.3) is 0 Å². The molecule has 2 nitrogen and oxygen atoms in total. The number of rotatable bonds is 4. The zero-order valence-electron chi connectivity index (χ0n) is 11.2. The van der Waals surface area contributed by atoms with E-state index in [9.17, 15) is 9.18 Å². The average molecular weight is 302 g/mol. The van der Waals surface area contributed by atoms with Gasteiger partial charge in [0.15, 0.2) is 5.78 Å². The van der Waals surface area contributed by atoms with Gasteiger partial charge in [-0.2, -0.15) is 0 Å². The number of aryl methyl sites for hydroxylation is 1. The Labute approximate surface area is 126 Å². The predicted molar refractivity (Wildman–Crippen MR) is 82.3 cm³/mol. The van der Waals surface area contributed by atoms with Crippen molar-refractivity contribution in [2.45, 2.75) is 13.0 Å². The summed E-state index contributed by atoms with van der Waals surface area (Å²) in [5.41, 5.74) is 1.59. The lowest BCUT2D eigenvalue weighted by Gasteiger charge is -2.05. The van der Waals surface area contributed by atoms with Crippen molar-refractivity contribution in [3.63, 3.8) is 0 Å². The summed E-state index contributed by atoms with van der Waals surface area (Å²) >= 11 is 5.95. The van der Waals surface area contributed by atoms with E-state index in [0.717, 1.165) is 10.9 Å². The van der Waals surface area contributed by atoms with Crippen molar-refractivity contribution in [1.29, 1.82) is 0 Å². The molecule has 1 heterocycles. The van der Waals surface area contributed by atoms with Gasteiger partial charge in [-0.1, -0.05) is 11.6 Å². The lowest BCUT2D eigenvalue weighted by Crippen LogP contribution is -2.05. The third-order valence-electron chi connectivity index (χ3n) is 3.48. The largest absolute Gasteiger partial charge is 0.347 e. The van der Waals surface area contributed by atoms with Crippen LogP contribution >= 0.6 is 11.6 Å². The lowest BCUT2D eigenvalue weighted by atomic mass is 10.1. The van der Waals surface area contributed by atoms with Crippen molar-refractivity contribution in [1.82, 2.24) is 4.57 Å². The molecule has 0 aliphatic heterocycles. The first-order chi connectivity index (χ1) is 10.1. The summed E-state index contributed by atoms with van der Waals surface area (Å²) in [6, 6.07) is 13.3. The van der Waals surface area contributed by atoms with E-state index in [1.807, 2.05) is 35.0 Å². The van der Waals surface area contributed by atoms with Crippen LogP contribution in [-0.2, 0) is 6.54 Å². The zero-order valence-corrected chi connectivity index (χ0v) is 12.0. The SMILES string of the molecule is O=C(CCn1ccc2cc(Cl)ccc21)c1ccc(F)cc1. The van der Waals surface area contributed by atoms with E-state index in [1.165, 1.54) is 24.3 Å². The number of halogens is 2. The minimum absolute atomic E-state index is 0.00538. The molecule has 0 N–H and O–H groups in total. The number of Topliss-reactive ketones (excluding diaryl/α,β-unsaturated/α-hetero) is 1. The topological polar surface area (TPSA) is 22.0 Å². The molecule has 0 amide bonds. The van der Waals surface area contributed by atoms with Crippen LogP contribution in [0.4, 0.5) is 4.39 Å². The van der Waals surface area contributed by atoms with Gasteiger partial charge in [0.05, 0.1) is 0 Å². The molecule has 0 saturated heterocycles. The summed E-state index contributed by atoms with van der Waals surface area (Å²) < 4.78 is 14.9. The second-order valence-electron chi connectivity index (χ2n) is 4.89. The smallest absolute Gasteiger partial charge is 0.164 e. The van der Waals surface area contributed by atoms with Crippen LogP contribution < -0.4 is 0 Å². The van der Waals surface area contributed by atoms with Gasteiger partial charge in [0.1, 0.15) is 5.82 Å². The highest BCUT2D eigenvalue weighted by Gasteiger charge is 2.08. The molecular formula is C17H13ClFNO. The third kappa shape index (κ3) is 2.98. The Balaban J connectivity index is 1.74. The van der Waals surface area contributed by atoms with Crippen LogP contribution in [0.1, 0.15) is 16.8 Å². The number of aromatic nitrogens is 1. The Morgan fingerprint density at radius 2 is 1.86 bits per heavy atom. The number of hydrogen-bond acceptors (Lipinski definition) is 1. The molecule has 0 fully saturated rings. The molecular weight excluding hydrogens is 289 g/mol. The maximum atomic E-state index is 12.8. The molecule has 0 spiro atoms. The van der Waals surface area contributed by atoms with E-state index in [2.05, 4.69) is 0 Å². The summed E-state index contributed by atoms with van der Waals surface area (Å²) in [5.74, 6) is -0.328. The van der Waals surface area contributed by atoms with Gasteiger partial charge in [0, 0.05) is 40.7 Å². The fourth-order valence-electron chi connectivity index (χ4n) is 2.37. The fraction of sp³-hybridized carbons (Fsp3) is 0.118. The van der Waals surface area contributed by atoms with E-state index in [-0.39, 0.29) is 11.6 Å². The molecule has 0 aliphatic rings. The molecule has 0 saturated carbocycles. The summed E-state index contributed by atoms with van der Waals surface area (Å²) in [5, 5.41) is 1.75. The van der Waals surface area contributed by atoms with Gasteiger partial charge < -0.3 is 4.57 Å². The number of fused-ring (bicyclic) bond motifs is 1. The maximum absolute atomic E-state index is 12.8. The molecule has 4 heteroatoms. The summed E-state index contributed by atoms with van der Waals surface area (Å²) in [6.07, 6.45) is 2.32. The Hall–Kier alpha value is -2.13. The van der Waals surface area contributed by atoms with Gasteiger partial charge in [-0.3, -0.25) is 4.79 Å². The predicted octanol–water partition coefficient (Wildman–Crippen LogP) is 4.71. The molecule has 0 aliphatic carbocycles. The lowest BCUT2D eigenvalue weighted by molar-refractivity contribution is 0.0977. The number of carbonyl (C=O) groups excluding carboxylic acids is 1. The van der Waals surface area contributed by atoms with Gasteiger partial charge in [-0.25, -0.2) is 4.39 Å². The first-order valence-corrected chi connectivity index (χ1v) is 7.04. The number of nitrogens with zero attached hydrogens (tertiary/aromatic N) is 1. The molecule has 21 heavy (non-hydrogen) atoms. The Kier molecular flexibility index (Phi) is 3.76. The molecule has 0 unspecified atom stereocenters. The third-order valence-corrected chi connectivity index (χ3v) is 3.71. The van der Waals surface area contributed by atoms with Crippen LogP contribution in [0.15, 0.2) is 54.7 Å². The highest BCUT2D eigenvalue weighted by atomic mass is 35.5. The second kappa shape index (κ2) is 5.70. The number of benzene rings is 2. The molecule has 0 radical (unpaired) electrons. The number of carbonyl (C=O) groups is 1. The van der Waals surface area contributed by atoms with Crippen LogP contribution in [-0.4, -0.2) is 10.4 Å². The maximum Gasteiger partial charge on any atom is 0.164 e. The quantitative estimate of drug-likeness (QED) is 0.640. The second-order valence-corrected chi connectivity index (χ2v) is 5.33. The molecule has 3 aromatic rings. The number of ketones is 1. The van der Waals surface area contributed by atoms with Crippen molar-refractivity contribution in [3.8, 4) is 0 Å². The fourth-order valence-corrected chi connectivity index (χ4v) is 2.55. The van der Waals surface area contributed by atoms with Crippen LogP contribution in [0.3, 0.4) is 0 Å². The van der Waals surface area contributed by atoms with Crippen molar-refractivity contribution in [2.75, 3.05) is 0 Å². The minimum atomic E-state index is -0.333. The van der Waals surface area contributed by atoms with Gasteiger partial charge in [-0.15, -0.1) is 0 Å². The van der Waals surface area contributed by atoms with Gasteiger partial charge >= 0.3 is 0 Å². The summed E-state index contributed by atoms with van der Waals surface area (Å²) in [4.78, 5) is 12.1. The molecule has 1 aromatic heterocycles. The molecule has 2 aromatic carbocycles. The summed E-state index contributed by atoms with van der Waals surface area (Å²) in [6.45, 7) is 0.585. The monoisotopic (exact) mass is 301 g/mol. The standard InChI is InChI=1S/C17H13ClFNO/c18-14-3-6-16-13(11-14)7-9-20(16)10-8-17(21)12-1-4-15(19)5-2-12/h1-7,9,11H,8,10H2. The van der Waals surface area contributed by atoms with Gasteiger partial charge in [-0.05, 0) is 48.5 Å². The van der Waals surface area contributed by atoms with Crippen LogP contribution in [0.2, 0.25) is 5.02 Å². The highest BCUT2D eigenvalue weighted by molar-refractivity contribution is 6.31. The van der Waals surface area contributed by atoms with Gasteiger partial charge in [0.2, 0.25) is 0 Å². The zero-order chi connectivity index (χ0) is 14.8. The Morgan fingerprint density at radius 3 is 2.62 bits per heavy atom. The van der Waals surface area contributed by atoms with Crippen molar-refractivity contribution in [2.24, 2.45) is 0 Å². The van der Waals surface area contributed by atoms with E-state index in [0.29, 0.717) is 23.6 Å². The number of hydrogen-bond donors (Lipinski definition) is 0. The molecule has 106 valence electrons. The van der Waals surface area contributed by atoms with Crippen molar-refractivity contribution >= 4 is 28.3 Å². The summed E-state index contributed by atoms with van der Waals surface area (Å²) in [7, 11) is 0. The Bertz CT molecular complexity index is 792. The Morgan fingerprint density at radius 1 is 1.10 bits per heavy atom. The van der Waals surface area contributed by atoms with Crippen LogP contribution in [0, 0.1) is 5.82 Å². The van der Waals surface area contributed by atoms with E-state index < -0.39 is 0 Å². The highest BCUT2D eigenvalue weighted by Crippen LogP contribution is 2.21. The first-order valence-electron chi connectivity index (χ1n) is 6.67. The van der Waals surface area contributed by atoms with Crippen molar-refractivity contribution in [3.05, 3.63) is 71.1 Å². The van der Waals surface area contributed by atoms with Crippen LogP contribution in [0.5, 0.6) is 0 Å². The van der Waals surface area contributed by atoms with Crippen molar-refractivity contribution < 1.29 is 9.18 Å². The minimum Gasteiger partial charge on any atom is -0.347 e. The molecule has 0 bridgehead atoms. The van der Waals surface area contributed by atoms with Crippen LogP contribution in [0.25, 0.3) is 10.9 Å². The average Bonchev–Trinajstić information content (AvgIpc) is 2.87. The van der Waals surface area contributed by atoms with E-state index in [4.69, 9.17) is 11.6 Å². The molecule has 3 rings (SSSR count). The van der Waals surface area contributed by atoms with E-state index >= 15 is 0 Å². The first kappa shape index (κ1) is 13.8.